The predicted octanol–water partition coefficient (Wildman–Crippen LogP) is 2.91. The first kappa shape index (κ1) is 17.2. The van der Waals surface area contributed by atoms with Gasteiger partial charge in [0.1, 0.15) is 6.10 Å². The van der Waals surface area contributed by atoms with Crippen molar-refractivity contribution in [2.45, 2.75) is 52.1 Å². The third-order valence-corrected chi connectivity index (χ3v) is 4.31. The number of nitrogens with two attached hydrogens (primary N) is 1. The monoisotopic (exact) mass is 320 g/mol. The summed E-state index contributed by atoms with van der Waals surface area (Å²) in [6.45, 7) is 3.92. The molecule has 0 saturated heterocycles. The first-order valence-electron chi connectivity index (χ1n) is 8.00. The molecule has 0 radical (unpaired) electrons. The van der Waals surface area contributed by atoms with Crippen LogP contribution in [0.3, 0.4) is 0 Å². The molecular weight excluding hydrogens is 296 g/mol. The van der Waals surface area contributed by atoms with Crippen molar-refractivity contribution in [1.82, 2.24) is 9.97 Å². The summed E-state index contributed by atoms with van der Waals surface area (Å²) in [4.78, 5) is 24.3. The summed E-state index contributed by atoms with van der Waals surface area (Å²) in [6.07, 6.45) is 8.95. The third-order valence-electron chi connectivity index (χ3n) is 4.31. The van der Waals surface area contributed by atoms with Gasteiger partial charge in [0.25, 0.3) is 5.88 Å². The molecule has 2 atom stereocenters. The SMILES string of the molecule is C/C(=N\Oc1cnccn1)[C@H](C)C[C@H](OC(N)=O)C1CCCC1. The number of oxime groups is 1. The maximum Gasteiger partial charge on any atom is 0.404 e. The van der Waals surface area contributed by atoms with E-state index in [-0.39, 0.29) is 12.0 Å². The average Bonchev–Trinajstić information content (AvgIpc) is 3.07. The number of carbonyl (C=O) groups is 1. The highest BCUT2D eigenvalue weighted by Gasteiger charge is 2.29. The minimum atomic E-state index is -0.709. The molecule has 0 spiro atoms. The fraction of sp³-hybridized carbons (Fsp3) is 0.625. The maximum absolute atomic E-state index is 11.2. The van der Waals surface area contributed by atoms with Crippen LogP contribution in [0, 0.1) is 11.8 Å². The number of hydrogen-bond donors (Lipinski definition) is 1. The fourth-order valence-electron chi connectivity index (χ4n) is 2.88. The minimum absolute atomic E-state index is 0.108. The summed E-state index contributed by atoms with van der Waals surface area (Å²) >= 11 is 0. The van der Waals surface area contributed by atoms with Crippen LogP contribution < -0.4 is 10.6 Å². The molecule has 0 aliphatic heterocycles. The van der Waals surface area contributed by atoms with Crippen LogP contribution in [0.2, 0.25) is 0 Å². The Labute approximate surface area is 136 Å². The molecule has 1 amide bonds. The van der Waals surface area contributed by atoms with Crippen LogP contribution in [-0.4, -0.2) is 27.9 Å². The van der Waals surface area contributed by atoms with E-state index in [0.717, 1.165) is 18.6 Å². The van der Waals surface area contributed by atoms with E-state index < -0.39 is 6.09 Å². The molecule has 7 nitrogen and oxygen atoms in total. The zero-order valence-corrected chi connectivity index (χ0v) is 13.6. The van der Waals surface area contributed by atoms with Crippen LogP contribution in [0.25, 0.3) is 0 Å². The predicted molar refractivity (Wildman–Crippen MR) is 86.0 cm³/mol. The highest BCUT2D eigenvalue weighted by molar-refractivity contribution is 5.83. The molecule has 2 rings (SSSR count). The zero-order chi connectivity index (χ0) is 16.7. The normalized spacial score (nSPS) is 18.4. The number of carbonyl (C=O) groups excluding carboxylic acids is 1. The Hall–Kier alpha value is -2.18. The smallest absolute Gasteiger partial charge is 0.404 e. The number of rotatable bonds is 7. The molecule has 1 aliphatic carbocycles. The molecule has 1 aliphatic rings. The molecule has 1 aromatic rings. The average molecular weight is 320 g/mol. The maximum atomic E-state index is 11.2. The van der Waals surface area contributed by atoms with Crippen molar-refractivity contribution in [3.63, 3.8) is 0 Å². The van der Waals surface area contributed by atoms with Gasteiger partial charge < -0.3 is 15.3 Å². The van der Waals surface area contributed by atoms with Crippen molar-refractivity contribution < 1.29 is 14.4 Å². The molecule has 23 heavy (non-hydrogen) atoms. The summed E-state index contributed by atoms with van der Waals surface area (Å²) in [5.74, 6) is 0.843. The number of aromatic nitrogens is 2. The van der Waals surface area contributed by atoms with Gasteiger partial charge in [0, 0.05) is 18.3 Å². The van der Waals surface area contributed by atoms with E-state index in [1.54, 1.807) is 12.4 Å². The first-order valence-corrected chi connectivity index (χ1v) is 8.00. The molecule has 1 heterocycles. The molecule has 7 heteroatoms. The molecule has 1 saturated carbocycles. The first-order chi connectivity index (χ1) is 11.1. The van der Waals surface area contributed by atoms with Crippen molar-refractivity contribution in [2.24, 2.45) is 22.7 Å². The Bertz CT molecular complexity index is 529. The van der Waals surface area contributed by atoms with Gasteiger partial charge in [-0.25, -0.2) is 9.78 Å². The molecule has 2 N–H and O–H groups in total. The number of primary amides is 1. The Balaban J connectivity index is 1.93. The van der Waals surface area contributed by atoms with Gasteiger partial charge in [-0.15, -0.1) is 0 Å². The summed E-state index contributed by atoms with van der Waals surface area (Å²) in [5.41, 5.74) is 6.03. The van der Waals surface area contributed by atoms with Gasteiger partial charge in [0.15, 0.2) is 0 Å². The standard InChI is InChI=1S/C16H24N4O3/c1-11(12(2)20-23-15-10-18-7-8-19-15)9-14(22-16(17)21)13-5-3-4-6-13/h7-8,10-11,13-14H,3-6,9H2,1-2H3,(H2,17,21)/b20-12+/t11-,14+/m1/s1. The lowest BCUT2D eigenvalue weighted by Gasteiger charge is -2.25. The lowest BCUT2D eigenvalue weighted by atomic mass is 9.90. The highest BCUT2D eigenvalue weighted by atomic mass is 16.6. The van der Waals surface area contributed by atoms with Crippen LogP contribution in [0.1, 0.15) is 46.0 Å². The van der Waals surface area contributed by atoms with E-state index in [4.69, 9.17) is 15.3 Å². The molecular formula is C16H24N4O3. The van der Waals surface area contributed by atoms with Crippen molar-refractivity contribution >= 4 is 11.8 Å². The van der Waals surface area contributed by atoms with E-state index >= 15 is 0 Å². The van der Waals surface area contributed by atoms with Gasteiger partial charge in [-0.2, -0.15) is 0 Å². The lowest BCUT2D eigenvalue weighted by Crippen LogP contribution is -2.31. The van der Waals surface area contributed by atoms with E-state index in [1.165, 1.54) is 19.0 Å². The van der Waals surface area contributed by atoms with Crippen molar-refractivity contribution in [3.8, 4) is 5.88 Å². The quantitative estimate of drug-likeness (QED) is 0.615. The Morgan fingerprint density at radius 2 is 2.17 bits per heavy atom. The summed E-state index contributed by atoms with van der Waals surface area (Å²) in [6, 6.07) is 0. The van der Waals surface area contributed by atoms with Gasteiger partial charge in [0.05, 0.1) is 11.9 Å². The van der Waals surface area contributed by atoms with Crippen LogP contribution in [0.5, 0.6) is 5.88 Å². The number of ether oxygens (including phenoxy) is 1. The van der Waals surface area contributed by atoms with E-state index in [0.29, 0.717) is 18.2 Å². The van der Waals surface area contributed by atoms with Crippen molar-refractivity contribution in [2.75, 3.05) is 0 Å². The second-order valence-electron chi connectivity index (χ2n) is 6.02. The van der Waals surface area contributed by atoms with Crippen molar-refractivity contribution in [1.29, 1.82) is 0 Å². The summed E-state index contributed by atoms with van der Waals surface area (Å²) in [5, 5.41) is 4.10. The highest BCUT2D eigenvalue weighted by Crippen LogP contribution is 2.32. The topological polar surface area (TPSA) is 99.7 Å². The third kappa shape index (κ3) is 5.50. The number of nitrogens with zero attached hydrogens (tertiary/aromatic N) is 3. The van der Waals surface area contributed by atoms with Crippen LogP contribution in [-0.2, 0) is 4.74 Å². The second kappa shape index (κ2) is 8.45. The lowest BCUT2D eigenvalue weighted by molar-refractivity contribution is 0.0594. The Morgan fingerprint density at radius 3 is 2.78 bits per heavy atom. The molecule has 1 aromatic heterocycles. The Morgan fingerprint density at radius 1 is 1.43 bits per heavy atom. The number of hydrogen-bond acceptors (Lipinski definition) is 6. The molecule has 0 aromatic carbocycles. The number of amides is 1. The fourth-order valence-corrected chi connectivity index (χ4v) is 2.88. The zero-order valence-electron chi connectivity index (χ0n) is 13.6. The van der Waals surface area contributed by atoms with E-state index in [9.17, 15) is 4.79 Å². The minimum Gasteiger partial charge on any atom is -0.446 e. The van der Waals surface area contributed by atoms with Gasteiger partial charge in [-0.05, 0) is 32.1 Å². The van der Waals surface area contributed by atoms with E-state index in [1.807, 2.05) is 13.8 Å². The molecule has 126 valence electrons. The largest absolute Gasteiger partial charge is 0.446 e. The molecule has 0 unspecified atom stereocenters. The van der Waals surface area contributed by atoms with E-state index in [2.05, 4.69) is 15.1 Å². The van der Waals surface area contributed by atoms with Crippen molar-refractivity contribution in [3.05, 3.63) is 18.6 Å². The van der Waals surface area contributed by atoms with Gasteiger partial charge in [0.2, 0.25) is 0 Å². The van der Waals surface area contributed by atoms with Gasteiger partial charge >= 0.3 is 6.09 Å². The van der Waals surface area contributed by atoms with Gasteiger partial charge in [-0.3, -0.25) is 4.98 Å². The molecule has 1 fully saturated rings. The van der Waals surface area contributed by atoms with Crippen LogP contribution in [0.4, 0.5) is 4.79 Å². The van der Waals surface area contributed by atoms with Crippen LogP contribution >= 0.6 is 0 Å². The molecule has 0 bridgehead atoms. The summed E-state index contributed by atoms with van der Waals surface area (Å²) in [7, 11) is 0. The van der Waals surface area contributed by atoms with Gasteiger partial charge in [-0.1, -0.05) is 24.9 Å². The second-order valence-corrected chi connectivity index (χ2v) is 6.02. The summed E-state index contributed by atoms with van der Waals surface area (Å²) < 4.78 is 5.34. The Kier molecular flexibility index (Phi) is 6.31. The van der Waals surface area contributed by atoms with Crippen LogP contribution in [0.15, 0.2) is 23.7 Å².